The van der Waals surface area contributed by atoms with Crippen LogP contribution in [0.5, 0.6) is 0 Å². The van der Waals surface area contributed by atoms with Gasteiger partial charge in [-0.05, 0) is 23.8 Å². The molecule has 0 unspecified atom stereocenters. The Bertz CT molecular complexity index is 912. The molecule has 0 aromatic heterocycles. The molecular weight excluding hydrogens is 490 g/mol. The van der Waals surface area contributed by atoms with E-state index < -0.39 is 70.2 Å². The fourth-order valence-corrected chi connectivity index (χ4v) is 2.66. The van der Waals surface area contributed by atoms with E-state index in [2.05, 4.69) is 0 Å². The lowest BCUT2D eigenvalue weighted by molar-refractivity contribution is -0.475. The van der Waals surface area contributed by atoms with Crippen LogP contribution in [0.4, 0.5) is 61.5 Å². The van der Waals surface area contributed by atoms with E-state index in [1.807, 2.05) is 0 Å². The predicted octanol–water partition coefficient (Wildman–Crippen LogP) is 4.87. The van der Waals surface area contributed by atoms with Crippen molar-refractivity contribution in [3.05, 3.63) is 41.5 Å². The molecule has 1 aromatic carbocycles. The molecule has 0 saturated heterocycles. The van der Waals surface area contributed by atoms with Gasteiger partial charge in [-0.1, -0.05) is 17.9 Å². The van der Waals surface area contributed by atoms with E-state index in [4.69, 9.17) is 0 Å². The van der Waals surface area contributed by atoms with Crippen LogP contribution in [0, 0.1) is 0 Å². The summed E-state index contributed by atoms with van der Waals surface area (Å²) in [5.74, 6) is -43.5. The van der Waals surface area contributed by atoms with E-state index in [-0.39, 0.29) is 24.3 Å². The van der Waals surface area contributed by atoms with E-state index in [0.29, 0.717) is 0 Å². The molecule has 0 amide bonds. The van der Waals surface area contributed by atoms with E-state index in [9.17, 15) is 71.4 Å². The Kier molecular flexibility index (Phi) is 5.40. The lowest BCUT2D eigenvalue weighted by Crippen LogP contribution is -2.85. The number of allylic oxidation sites excluding steroid dienone is 1. The second-order valence-corrected chi connectivity index (χ2v) is 6.48. The maximum absolute atomic E-state index is 14.5. The highest BCUT2D eigenvalue weighted by molar-refractivity contribution is 6.03. The van der Waals surface area contributed by atoms with Crippen LogP contribution in [0.3, 0.4) is 0 Å². The summed E-state index contributed by atoms with van der Waals surface area (Å²) in [6.45, 7) is 0. The van der Waals surface area contributed by atoms with Crippen molar-refractivity contribution in [2.75, 3.05) is 0 Å². The minimum atomic E-state index is -7.54. The van der Waals surface area contributed by atoms with Crippen LogP contribution in [0.25, 0.3) is 5.76 Å². The maximum Gasteiger partial charge on any atom is 0.416 e. The molecule has 1 fully saturated rings. The summed E-state index contributed by atoms with van der Waals surface area (Å²) in [5, 5.41) is 11.7. The molecule has 32 heavy (non-hydrogen) atoms. The standard InChI is InChI=1S/C16H6F14O2/c17-10(9(32)5-8(31)6-1-3-7(4-2-6)11(18,19)20)12(21,22)14(25,26)16(29,30)15(27,28)13(10,23)24/h1-5,31H/p-1/b8-5-. The molecule has 1 aliphatic carbocycles. The van der Waals surface area contributed by atoms with E-state index in [1.54, 1.807) is 0 Å². The number of rotatable bonds is 3. The summed E-state index contributed by atoms with van der Waals surface area (Å²) in [6.07, 6.45) is -6.13. The molecule has 0 heterocycles. The Morgan fingerprint density at radius 2 is 1.03 bits per heavy atom. The zero-order valence-corrected chi connectivity index (χ0v) is 14.5. The topological polar surface area (TPSA) is 40.1 Å². The third kappa shape index (κ3) is 2.89. The first kappa shape index (κ1) is 25.7. The van der Waals surface area contributed by atoms with Crippen LogP contribution in [0.2, 0.25) is 0 Å². The van der Waals surface area contributed by atoms with Crippen LogP contribution >= 0.6 is 0 Å². The highest BCUT2D eigenvalue weighted by atomic mass is 19.4. The SMILES string of the molecule is O=C(/C=C(\[O-])c1ccc(C(F)(F)F)cc1)C1(F)C(F)(F)C(F)(F)C(F)(F)C(F)(F)C1(F)F. The highest BCUT2D eigenvalue weighted by Gasteiger charge is 3.02. The summed E-state index contributed by atoms with van der Waals surface area (Å²) in [6, 6.07) is 0.718. The maximum atomic E-state index is 14.5. The van der Waals surface area contributed by atoms with E-state index in [0.717, 1.165) is 0 Å². The quantitative estimate of drug-likeness (QED) is 0.341. The molecule has 1 aromatic rings. The smallest absolute Gasteiger partial charge is 0.416 e. The van der Waals surface area contributed by atoms with Gasteiger partial charge in [0.2, 0.25) is 5.78 Å². The summed E-state index contributed by atoms with van der Waals surface area (Å²) in [4.78, 5) is 11.6. The van der Waals surface area contributed by atoms with Gasteiger partial charge in [0, 0.05) is 0 Å². The van der Waals surface area contributed by atoms with Crippen molar-refractivity contribution in [2.45, 2.75) is 41.5 Å². The second-order valence-electron chi connectivity index (χ2n) is 6.48. The van der Waals surface area contributed by atoms with Crippen molar-refractivity contribution in [3.63, 3.8) is 0 Å². The summed E-state index contributed by atoms with van der Waals surface area (Å²) < 4.78 is 186. The Morgan fingerprint density at radius 3 is 1.38 bits per heavy atom. The fraction of sp³-hybridized carbons (Fsp3) is 0.438. The van der Waals surface area contributed by atoms with Crippen molar-refractivity contribution < 1.29 is 71.4 Å². The van der Waals surface area contributed by atoms with Gasteiger partial charge in [-0.2, -0.15) is 57.1 Å². The number of alkyl halides is 14. The van der Waals surface area contributed by atoms with Gasteiger partial charge in [-0.25, -0.2) is 4.39 Å². The molecule has 0 atom stereocenters. The lowest BCUT2D eigenvalue weighted by Gasteiger charge is -2.51. The Labute approximate surface area is 167 Å². The molecule has 180 valence electrons. The normalized spacial score (nSPS) is 25.2. The van der Waals surface area contributed by atoms with Gasteiger partial charge in [0.25, 0.3) is 0 Å². The molecule has 0 N–H and O–H groups in total. The monoisotopic (exact) mass is 495 g/mol. The minimum absolute atomic E-state index is 0.142. The first-order chi connectivity index (χ1) is 14.0. The second kappa shape index (κ2) is 6.73. The fourth-order valence-electron chi connectivity index (χ4n) is 2.66. The Hall–Kier alpha value is -2.55. The van der Waals surface area contributed by atoms with Crippen molar-refractivity contribution in [2.24, 2.45) is 0 Å². The molecule has 0 spiro atoms. The zero-order valence-electron chi connectivity index (χ0n) is 14.5. The number of carbonyl (C=O) groups excluding carboxylic acids is 1. The van der Waals surface area contributed by atoms with Gasteiger partial charge in [-0.15, -0.1) is 0 Å². The number of benzene rings is 1. The van der Waals surface area contributed by atoms with Gasteiger partial charge in [0.15, 0.2) is 0 Å². The molecule has 0 bridgehead atoms. The minimum Gasteiger partial charge on any atom is -0.872 e. The average Bonchev–Trinajstić information content (AvgIpc) is 2.64. The third-order valence-electron chi connectivity index (χ3n) is 4.54. The number of ketones is 1. The number of halogens is 14. The van der Waals surface area contributed by atoms with Crippen LogP contribution in [-0.4, -0.2) is 41.1 Å². The van der Waals surface area contributed by atoms with E-state index >= 15 is 0 Å². The summed E-state index contributed by atoms with van der Waals surface area (Å²) in [5.41, 5.74) is -9.58. The van der Waals surface area contributed by atoms with Crippen molar-refractivity contribution in [1.29, 1.82) is 0 Å². The van der Waals surface area contributed by atoms with E-state index in [1.165, 1.54) is 0 Å². The third-order valence-corrected chi connectivity index (χ3v) is 4.54. The molecule has 2 nitrogen and oxygen atoms in total. The molecule has 0 aliphatic heterocycles. The summed E-state index contributed by atoms with van der Waals surface area (Å²) in [7, 11) is 0. The van der Waals surface area contributed by atoms with Gasteiger partial charge >= 0.3 is 41.5 Å². The van der Waals surface area contributed by atoms with Crippen LogP contribution in [-0.2, 0) is 11.0 Å². The molecule has 0 radical (unpaired) electrons. The first-order valence-electron chi connectivity index (χ1n) is 7.70. The van der Waals surface area contributed by atoms with Crippen LogP contribution in [0.15, 0.2) is 30.3 Å². The highest BCUT2D eigenvalue weighted by Crippen LogP contribution is 2.69. The predicted molar refractivity (Wildman–Crippen MR) is 73.0 cm³/mol. The van der Waals surface area contributed by atoms with Crippen molar-refractivity contribution >= 4 is 11.5 Å². The number of carbonyl (C=O) groups is 1. The first-order valence-corrected chi connectivity index (χ1v) is 7.70. The summed E-state index contributed by atoms with van der Waals surface area (Å²) >= 11 is 0. The van der Waals surface area contributed by atoms with Crippen molar-refractivity contribution in [1.82, 2.24) is 0 Å². The van der Waals surface area contributed by atoms with Gasteiger partial charge in [-0.3, -0.25) is 4.79 Å². The van der Waals surface area contributed by atoms with Gasteiger partial charge < -0.3 is 5.11 Å². The molecule has 2 rings (SSSR count). The van der Waals surface area contributed by atoms with Gasteiger partial charge in [0.1, 0.15) is 0 Å². The molecule has 16 heteroatoms. The van der Waals surface area contributed by atoms with Crippen LogP contribution in [0.1, 0.15) is 11.1 Å². The molecule has 1 aliphatic rings. The molecular formula is C16H5F14O2-. The van der Waals surface area contributed by atoms with Gasteiger partial charge in [0.05, 0.1) is 5.56 Å². The Balaban J connectivity index is 2.64. The largest absolute Gasteiger partial charge is 0.872 e. The average molecular weight is 495 g/mol. The Morgan fingerprint density at radius 1 is 0.688 bits per heavy atom. The number of hydrogen-bond donors (Lipinski definition) is 0. The number of hydrogen-bond acceptors (Lipinski definition) is 2. The molecule has 1 saturated carbocycles. The van der Waals surface area contributed by atoms with Crippen molar-refractivity contribution in [3.8, 4) is 0 Å². The lowest BCUT2D eigenvalue weighted by atomic mass is 9.70. The zero-order chi connectivity index (χ0) is 25.3. The van der Waals surface area contributed by atoms with Crippen LogP contribution < -0.4 is 5.11 Å².